The highest BCUT2D eigenvalue weighted by Crippen LogP contribution is 2.09. The fourth-order valence-electron chi connectivity index (χ4n) is 0.878. The van der Waals surface area contributed by atoms with Gasteiger partial charge in [0.1, 0.15) is 0 Å². The van der Waals surface area contributed by atoms with Gasteiger partial charge in [-0.3, -0.25) is 0 Å². The first kappa shape index (κ1) is 9.56. The SMILES string of the molecule is CC(C)[N]Cc1ccc(Cl)cc1. The third kappa shape index (κ3) is 3.24. The minimum Gasteiger partial charge on any atom is -0.234 e. The molecule has 0 aliphatic carbocycles. The zero-order valence-corrected chi connectivity index (χ0v) is 8.17. The van der Waals surface area contributed by atoms with Gasteiger partial charge in [0, 0.05) is 17.6 Å². The van der Waals surface area contributed by atoms with Crippen molar-refractivity contribution in [1.82, 2.24) is 5.32 Å². The van der Waals surface area contributed by atoms with E-state index in [0.717, 1.165) is 11.6 Å². The summed E-state index contributed by atoms with van der Waals surface area (Å²) in [4.78, 5) is 0. The molecular formula is C10H13ClN. The molecule has 0 unspecified atom stereocenters. The Bertz CT molecular complexity index is 228. The van der Waals surface area contributed by atoms with Gasteiger partial charge in [-0.1, -0.05) is 23.7 Å². The molecule has 1 nitrogen and oxygen atoms in total. The van der Waals surface area contributed by atoms with Crippen molar-refractivity contribution < 1.29 is 0 Å². The van der Waals surface area contributed by atoms with E-state index in [0.29, 0.717) is 6.04 Å². The maximum atomic E-state index is 5.74. The van der Waals surface area contributed by atoms with Crippen LogP contribution < -0.4 is 5.32 Å². The topological polar surface area (TPSA) is 14.1 Å². The van der Waals surface area contributed by atoms with Gasteiger partial charge in [-0.2, -0.15) is 0 Å². The highest BCUT2D eigenvalue weighted by atomic mass is 35.5. The van der Waals surface area contributed by atoms with Crippen LogP contribution in [0.25, 0.3) is 0 Å². The van der Waals surface area contributed by atoms with Crippen LogP contribution in [-0.4, -0.2) is 6.04 Å². The lowest BCUT2D eigenvalue weighted by Crippen LogP contribution is -2.13. The summed E-state index contributed by atoms with van der Waals surface area (Å²) in [5.74, 6) is 0. The van der Waals surface area contributed by atoms with E-state index in [4.69, 9.17) is 11.6 Å². The second kappa shape index (κ2) is 4.48. The van der Waals surface area contributed by atoms with E-state index in [1.54, 1.807) is 0 Å². The second-order valence-corrected chi connectivity index (χ2v) is 3.50. The van der Waals surface area contributed by atoms with Crippen molar-refractivity contribution >= 4 is 11.6 Å². The molecule has 0 saturated heterocycles. The number of nitrogens with zero attached hydrogens (tertiary/aromatic N) is 1. The lowest BCUT2D eigenvalue weighted by molar-refractivity contribution is 0.575. The van der Waals surface area contributed by atoms with Gasteiger partial charge in [-0.15, -0.1) is 0 Å². The maximum Gasteiger partial charge on any atom is 0.0406 e. The third-order valence-electron chi connectivity index (χ3n) is 1.55. The first-order valence-electron chi connectivity index (χ1n) is 4.09. The highest BCUT2D eigenvalue weighted by Gasteiger charge is 1.95. The smallest absolute Gasteiger partial charge is 0.0406 e. The fraction of sp³-hybridized carbons (Fsp3) is 0.400. The molecule has 2 heteroatoms. The van der Waals surface area contributed by atoms with Crippen molar-refractivity contribution in [1.29, 1.82) is 0 Å². The summed E-state index contributed by atoms with van der Waals surface area (Å²) in [7, 11) is 0. The molecular weight excluding hydrogens is 170 g/mol. The monoisotopic (exact) mass is 182 g/mol. The first-order chi connectivity index (χ1) is 5.68. The third-order valence-corrected chi connectivity index (χ3v) is 1.80. The van der Waals surface area contributed by atoms with Crippen LogP contribution in [0.1, 0.15) is 19.4 Å². The van der Waals surface area contributed by atoms with E-state index in [9.17, 15) is 0 Å². The number of benzene rings is 1. The van der Waals surface area contributed by atoms with Gasteiger partial charge in [0.2, 0.25) is 0 Å². The summed E-state index contributed by atoms with van der Waals surface area (Å²) in [6, 6.07) is 8.21. The van der Waals surface area contributed by atoms with Crippen LogP contribution in [0.15, 0.2) is 24.3 Å². The van der Waals surface area contributed by atoms with E-state index in [-0.39, 0.29) is 0 Å². The van der Waals surface area contributed by atoms with Crippen LogP contribution in [0.4, 0.5) is 0 Å². The zero-order valence-electron chi connectivity index (χ0n) is 7.42. The molecule has 0 aliphatic rings. The second-order valence-electron chi connectivity index (χ2n) is 3.06. The van der Waals surface area contributed by atoms with Crippen LogP contribution in [0, 0.1) is 0 Å². The van der Waals surface area contributed by atoms with Crippen LogP contribution in [-0.2, 0) is 6.54 Å². The van der Waals surface area contributed by atoms with Gasteiger partial charge in [0.05, 0.1) is 0 Å². The van der Waals surface area contributed by atoms with Gasteiger partial charge in [0.25, 0.3) is 0 Å². The Labute approximate surface area is 78.7 Å². The Kier molecular flexibility index (Phi) is 3.57. The first-order valence-corrected chi connectivity index (χ1v) is 4.47. The largest absolute Gasteiger partial charge is 0.234 e. The molecule has 1 aromatic carbocycles. The number of hydrogen-bond acceptors (Lipinski definition) is 0. The Balaban J connectivity index is 2.48. The summed E-state index contributed by atoms with van der Waals surface area (Å²) >= 11 is 5.74. The molecule has 0 fully saturated rings. The van der Waals surface area contributed by atoms with E-state index in [2.05, 4.69) is 19.2 Å². The standard InChI is InChI=1S/C10H13ClN/c1-8(2)12-7-9-3-5-10(11)6-4-9/h3-6,8H,7H2,1-2H3. The van der Waals surface area contributed by atoms with Crippen molar-refractivity contribution in [2.24, 2.45) is 0 Å². The Morgan fingerprint density at radius 3 is 2.33 bits per heavy atom. The minimum atomic E-state index is 0.403. The maximum absolute atomic E-state index is 5.74. The van der Waals surface area contributed by atoms with E-state index in [1.165, 1.54) is 5.56 Å². The Morgan fingerprint density at radius 1 is 1.25 bits per heavy atom. The molecule has 1 aromatic rings. The molecule has 0 bridgehead atoms. The Hall–Kier alpha value is -0.530. The van der Waals surface area contributed by atoms with Gasteiger partial charge in [-0.05, 0) is 31.5 Å². The summed E-state index contributed by atoms with van der Waals surface area (Å²) in [6.45, 7) is 4.95. The van der Waals surface area contributed by atoms with E-state index in [1.807, 2.05) is 24.3 Å². The molecule has 0 aromatic heterocycles. The predicted octanol–water partition coefficient (Wildman–Crippen LogP) is 2.85. The molecule has 0 atom stereocenters. The summed E-state index contributed by atoms with van der Waals surface area (Å²) in [6.07, 6.45) is 0. The summed E-state index contributed by atoms with van der Waals surface area (Å²) in [5, 5.41) is 5.16. The van der Waals surface area contributed by atoms with Crippen LogP contribution >= 0.6 is 11.6 Å². The number of hydrogen-bond donors (Lipinski definition) is 0. The van der Waals surface area contributed by atoms with Crippen molar-refractivity contribution in [3.8, 4) is 0 Å². The highest BCUT2D eigenvalue weighted by molar-refractivity contribution is 6.30. The predicted molar refractivity (Wildman–Crippen MR) is 52.4 cm³/mol. The molecule has 0 N–H and O–H groups in total. The van der Waals surface area contributed by atoms with Crippen LogP contribution in [0.2, 0.25) is 5.02 Å². The molecule has 0 aliphatic heterocycles. The van der Waals surface area contributed by atoms with Crippen LogP contribution in [0.5, 0.6) is 0 Å². The zero-order chi connectivity index (χ0) is 8.97. The van der Waals surface area contributed by atoms with E-state index >= 15 is 0 Å². The number of halogens is 1. The van der Waals surface area contributed by atoms with E-state index < -0.39 is 0 Å². The lowest BCUT2D eigenvalue weighted by Gasteiger charge is -2.04. The average molecular weight is 183 g/mol. The molecule has 0 saturated carbocycles. The number of rotatable bonds is 3. The Morgan fingerprint density at radius 2 is 1.83 bits per heavy atom. The van der Waals surface area contributed by atoms with Crippen LogP contribution in [0.3, 0.4) is 0 Å². The molecule has 0 amide bonds. The molecule has 1 radical (unpaired) electrons. The van der Waals surface area contributed by atoms with Crippen molar-refractivity contribution in [2.75, 3.05) is 0 Å². The van der Waals surface area contributed by atoms with Crippen molar-refractivity contribution in [3.63, 3.8) is 0 Å². The van der Waals surface area contributed by atoms with Crippen molar-refractivity contribution in [3.05, 3.63) is 34.9 Å². The molecule has 0 spiro atoms. The molecule has 0 heterocycles. The van der Waals surface area contributed by atoms with Crippen molar-refractivity contribution in [2.45, 2.75) is 26.4 Å². The average Bonchev–Trinajstić information content (AvgIpc) is 2.03. The molecule has 65 valence electrons. The summed E-state index contributed by atoms with van der Waals surface area (Å²) < 4.78 is 0. The van der Waals surface area contributed by atoms with Gasteiger partial charge >= 0.3 is 0 Å². The quantitative estimate of drug-likeness (QED) is 0.683. The molecule has 12 heavy (non-hydrogen) atoms. The van der Waals surface area contributed by atoms with Gasteiger partial charge in [0.15, 0.2) is 0 Å². The summed E-state index contributed by atoms with van der Waals surface area (Å²) in [5.41, 5.74) is 1.22. The lowest BCUT2D eigenvalue weighted by atomic mass is 10.2. The normalized spacial score (nSPS) is 10.7. The molecule has 1 rings (SSSR count). The van der Waals surface area contributed by atoms with Gasteiger partial charge < -0.3 is 0 Å². The fourth-order valence-corrected chi connectivity index (χ4v) is 1.00. The minimum absolute atomic E-state index is 0.403. The van der Waals surface area contributed by atoms with Gasteiger partial charge in [-0.25, -0.2) is 5.32 Å².